The van der Waals surface area contributed by atoms with Crippen LogP contribution in [0.5, 0.6) is 5.75 Å². The first-order valence-corrected chi connectivity index (χ1v) is 9.36. The van der Waals surface area contributed by atoms with E-state index in [0.717, 1.165) is 5.56 Å². The maximum absolute atomic E-state index is 12.9. The first-order chi connectivity index (χ1) is 13.8. The van der Waals surface area contributed by atoms with Crippen LogP contribution in [-0.4, -0.2) is 47.6 Å². The number of benzene rings is 2. The van der Waals surface area contributed by atoms with E-state index in [4.69, 9.17) is 10.1 Å². The zero-order chi connectivity index (χ0) is 21.1. The van der Waals surface area contributed by atoms with E-state index < -0.39 is 0 Å². The third kappa shape index (κ3) is 4.43. The van der Waals surface area contributed by atoms with Gasteiger partial charge in [-0.05, 0) is 55.5 Å². The molecule has 0 aliphatic heterocycles. The maximum atomic E-state index is 12.9. The monoisotopic (exact) mass is 409 g/mol. The van der Waals surface area contributed by atoms with Crippen LogP contribution < -0.4 is 10.1 Å². The van der Waals surface area contributed by atoms with Gasteiger partial charge in [-0.2, -0.15) is 5.10 Å². The number of aromatic nitrogens is 2. The Kier molecular flexibility index (Phi) is 5.93. The van der Waals surface area contributed by atoms with Crippen LogP contribution >= 0.6 is 12.6 Å². The van der Waals surface area contributed by atoms with Crippen molar-refractivity contribution >= 4 is 30.1 Å². The van der Waals surface area contributed by atoms with Crippen molar-refractivity contribution in [3.63, 3.8) is 0 Å². The van der Waals surface area contributed by atoms with Gasteiger partial charge in [0.15, 0.2) is 0 Å². The lowest BCUT2D eigenvalue weighted by molar-refractivity contribution is 0.101. The topological polar surface area (TPSA) is 83.2 Å². The fraction of sp³-hybridized carbons (Fsp3) is 0.190. The minimum absolute atomic E-state index is 0.287. The zero-order valence-electron chi connectivity index (χ0n) is 16.7. The lowest BCUT2D eigenvalue weighted by Crippen LogP contribution is -2.21. The first-order valence-electron chi connectivity index (χ1n) is 8.92. The molecule has 0 saturated heterocycles. The summed E-state index contributed by atoms with van der Waals surface area (Å²) >= 11 is 4.51. The number of rotatable bonds is 5. The third-order valence-corrected chi connectivity index (χ3v) is 4.70. The molecule has 0 fully saturated rings. The molecule has 3 aromatic rings. The third-order valence-electron chi connectivity index (χ3n) is 4.34. The van der Waals surface area contributed by atoms with Gasteiger partial charge in [-0.3, -0.25) is 10.2 Å². The summed E-state index contributed by atoms with van der Waals surface area (Å²) in [5.41, 5.74) is 3.20. The summed E-state index contributed by atoms with van der Waals surface area (Å²) in [4.78, 5) is 15.3. The van der Waals surface area contributed by atoms with Crippen LogP contribution in [0.2, 0.25) is 0 Å². The van der Waals surface area contributed by atoms with Gasteiger partial charge in [0.1, 0.15) is 17.3 Å². The molecule has 0 saturated carbocycles. The number of methoxy groups -OCH3 is 1. The minimum atomic E-state index is -0.287. The van der Waals surface area contributed by atoms with E-state index in [0.29, 0.717) is 39.2 Å². The normalized spacial score (nSPS) is 10.5. The largest absolute Gasteiger partial charge is 0.497 e. The average Bonchev–Trinajstić information content (AvgIpc) is 3.09. The second kappa shape index (κ2) is 8.40. The number of hydrogen-bond donors (Lipinski definition) is 3. The summed E-state index contributed by atoms with van der Waals surface area (Å²) in [5, 5.41) is 15.4. The smallest absolute Gasteiger partial charge is 0.274 e. The van der Waals surface area contributed by atoms with Gasteiger partial charge in [0, 0.05) is 30.2 Å². The SMILES string of the molecule is COc1ccc(-n2nc(C)cc2C(=O)Nc2ccc(C(=N)N(C)C)cc2)c(S)c1. The molecular weight excluding hydrogens is 386 g/mol. The van der Waals surface area contributed by atoms with E-state index in [-0.39, 0.29) is 5.91 Å². The second-order valence-corrected chi connectivity index (χ2v) is 7.19. The molecule has 0 aliphatic carbocycles. The van der Waals surface area contributed by atoms with Crippen LogP contribution in [0.25, 0.3) is 5.69 Å². The van der Waals surface area contributed by atoms with Crippen LogP contribution in [-0.2, 0) is 0 Å². The molecule has 29 heavy (non-hydrogen) atoms. The van der Waals surface area contributed by atoms with Gasteiger partial charge in [0.25, 0.3) is 5.91 Å². The highest BCUT2D eigenvalue weighted by Crippen LogP contribution is 2.25. The van der Waals surface area contributed by atoms with Gasteiger partial charge >= 0.3 is 0 Å². The molecule has 2 aromatic carbocycles. The van der Waals surface area contributed by atoms with Crippen molar-refractivity contribution in [2.24, 2.45) is 0 Å². The van der Waals surface area contributed by atoms with E-state index in [1.807, 2.05) is 27.1 Å². The number of nitrogens with one attached hydrogen (secondary N) is 2. The summed E-state index contributed by atoms with van der Waals surface area (Å²) < 4.78 is 6.78. The molecule has 1 aromatic heterocycles. The predicted octanol–water partition coefficient (Wildman–Crippen LogP) is 3.62. The molecule has 1 heterocycles. The summed E-state index contributed by atoms with van der Waals surface area (Å²) in [5.74, 6) is 0.791. The Hall–Kier alpha value is -3.26. The molecule has 2 N–H and O–H groups in total. The van der Waals surface area contributed by atoms with Crippen molar-refractivity contribution in [3.05, 3.63) is 65.5 Å². The maximum Gasteiger partial charge on any atom is 0.274 e. The molecule has 0 radical (unpaired) electrons. The Labute approximate surface area is 175 Å². The van der Waals surface area contributed by atoms with Gasteiger partial charge in [0.05, 0.1) is 18.5 Å². The number of amidine groups is 1. The number of carbonyl (C=O) groups excluding carboxylic acids is 1. The van der Waals surface area contributed by atoms with E-state index in [1.54, 1.807) is 59.2 Å². The first kappa shape index (κ1) is 20.5. The van der Waals surface area contributed by atoms with E-state index in [9.17, 15) is 4.79 Å². The minimum Gasteiger partial charge on any atom is -0.497 e. The average molecular weight is 410 g/mol. The van der Waals surface area contributed by atoms with Gasteiger partial charge < -0.3 is 15.0 Å². The van der Waals surface area contributed by atoms with Crippen molar-refractivity contribution in [2.45, 2.75) is 11.8 Å². The highest BCUT2D eigenvalue weighted by molar-refractivity contribution is 7.80. The molecule has 1 amide bonds. The van der Waals surface area contributed by atoms with Gasteiger partial charge in [-0.15, -0.1) is 12.6 Å². The molecule has 8 heteroatoms. The van der Waals surface area contributed by atoms with Crippen molar-refractivity contribution in [2.75, 3.05) is 26.5 Å². The van der Waals surface area contributed by atoms with Crippen molar-refractivity contribution in [1.82, 2.24) is 14.7 Å². The standard InChI is InChI=1S/C21H23N5O2S/c1-13-11-18(26(24-13)17-10-9-16(28-4)12-19(17)29)21(27)23-15-7-5-14(6-8-15)20(22)25(2)3/h5-12,22,29H,1-4H3,(H,23,27). The molecule has 0 atom stereocenters. The van der Waals surface area contributed by atoms with Crippen molar-refractivity contribution in [1.29, 1.82) is 5.41 Å². The van der Waals surface area contributed by atoms with Gasteiger partial charge in [-0.25, -0.2) is 4.68 Å². The molecule has 0 unspecified atom stereocenters. The zero-order valence-corrected chi connectivity index (χ0v) is 17.6. The van der Waals surface area contributed by atoms with Crippen LogP contribution in [0, 0.1) is 12.3 Å². The Bertz CT molecular complexity index is 1060. The Balaban J connectivity index is 1.86. The number of aryl methyl sites for hydroxylation is 1. The summed E-state index contributed by atoms with van der Waals surface area (Å²) in [6.07, 6.45) is 0. The Morgan fingerprint density at radius 3 is 2.45 bits per heavy atom. The Morgan fingerprint density at radius 1 is 1.17 bits per heavy atom. The van der Waals surface area contributed by atoms with Crippen molar-refractivity contribution < 1.29 is 9.53 Å². The van der Waals surface area contributed by atoms with E-state index in [2.05, 4.69) is 23.0 Å². The summed E-state index contributed by atoms with van der Waals surface area (Å²) in [7, 11) is 5.22. The molecular formula is C21H23N5O2S. The molecule has 0 aliphatic rings. The predicted molar refractivity (Wildman–Crippen MR) is 117 cm³/mol. The highest BCUT2D eigenvalue weighted by atomic mass is 32.1. The quantitative estimate of drug-likeness (QED) is 0.341. The number of nitrogens with zero attached hydrogens (tertiary/aromatic N) is 3. The number of carbonyl (C=O) groups is 1. The summed E-state index contributed by atoms with van der Waals surface area (Å²) in [6, 6.07) is 14.3. The Morgan fingerprint density at radius 2 is 1.86 bits per heavy atom. The molecule has 150 valence electrons. The molecule has 7 nitrogen and oxygen atoms in total. The fourth-order valence-corrected chi connectivity index (χ4v) is 3.12. The lowest BCUT2D eigenvalue weighted by Gasteiger charge is -2.14. The highest BCUT2D eigenvalue weighted by Gasteiger charge is 2.17. The fourth-order valence-electron chi connectivity index (χ4n) is 2.82. The lowest BCUT2D eigenvalue weighted by atomic mass is 10.1. The van der Waals surface area contributed by atoms with Crippen LogP contribution in [0.3, 0.4) is 0 Å². The van der Waals surface area contributed by atoms with E-state index >= 15 is 0 Å². The number of ether oxygens (including phenoxy) is 1. The van der Waals surface area contributed by atoms with E-state index in [1.165, 1.54) is 0 Å². The van der Waals surface area contributed by atoms with Crippen LogP contribution in [0.15, 0.2) is 53.4 Å². The molecule has 0 spiro atoms. The number of amides is 1. The number of hydrogen-bond acceptors (Lipinski definition) is 5. The van der Waals surface area contributed by atoms with Crippen LogP contribution in [0.4, 0.5) is 5.69 Å². The number of thiol groups is 1. The molecule has 3 rings (SSSR count). The van der Waals surface area contributed by atoms with Crippen molar-refractivity contribution in [3.8, 4) is 11.4 Å². The van der Waals surface area contributed by atoms with Crippen LogP contribution in [0.1, 0.15) is 21.7 Å². The van der Waals surface area contributed by atoms with Gasteiger partial charge in [-0.1, -0.05) is 0 Å². The second-order valence-electron chi connectivity index (χ2n) is 6.71. The number of anilines is 1. The summed E-state index contributed by atoms with van der Waals surface area (Å²) in [6.45, 7) is 1.83. The van der Waals surface area contributed by atoms with Gasteiger partial charge in [0.2, 0.25) is 0 Å². The molecule has 0 bridgehead atoms.